The van der Waals surface area contributed by atoms with Gasteiger partial charge in [0, 0.05) is 26.2 Å². The molecule has 3 rings (SSSR count). The lowest BCUT2D eigenvalue weighted by molar-refractivity contribution is 0.332. The van der Waals surface area contributed by atoms with Crippen molar-refractivity contribution < 1.29 is 0 Å². The average Bonchev–Trinajstić information content (AvgIpc) is 2.75. The zero-order valence-electron chi connectivity index (χ0n) is 11.7. The van der Waals surface area contributed by atoms with E-state index in [1.807, 2.05) is 0 Å². The molecule has 2 unspecified atom stereocenters. The van der Waals surface area contributed by atoms with Gasteiger partial charge in [0.2, 0.25) is 0 Å². The summed E-state index contributed by atoms with van der Waals surface area (Å²) in [6, 6.07) is 0.663. The first-order valence-electron chi connectivity index (χ1n) is 7.31. The van der Waals surface area contributed by atoms with E-state index in [1.54, 1.807) is 0 Å². The van der Waals surface area contributed by atoms with Gasteiger partial charge >= 0.3 is 0 Å². The van der Waals surface area contributed by atoms with Gasteiger partial charge < -0.3 is 10.2 Å². The fourth-order valence-corrected chi connectivity index (χ4v) is 3.52. The molecule has 1 aromatic heterocycles. The van der Waals surface area contributed by atoms with Gasteiger partial charge in [0.05, 0.1) is 5.69 Å². The fourth-order valence-electron chi connectivity index (χ4n) is 3.52. The summed E-state index contributed by atoms with van der Waals surface area (Å²) in [7, 11) is 2.08. The van der Waals surface area contributed by atoms with Crippen LogP contribution in [0.2, 0.25) is 0 Å². The van der Waals surface area contributed by atoms with E-state index in [2.05, 4.69) is 40.9 Å². The monoisotopic (exact) mass is 248 g/mol. The van der Waals surface area contributed by atoms with Crippen molar-refractivity contribution in [2.45, 2.75) is 45.6 Å². The summed E-state index contributed by atoms with van der Waals surface area (Å²) in [6.07, 6.45) is 4.99. The third-order valence-corrected chi connectivity index (χ3v) is 4.61. The lowest BCUT2D eigenvalue weighted by Crippen LogP contribution is -2.49. The summed E-state index contributed by atoms with van der Waals surface area (Å²) in [5, 5.41) is 8.28. The van der Waals surface area contributed by atoms with Gasteiger partial charge in [0.25, 0.3) is 0 Å². The Labute approximate surface area is 109 Å². The van der Waals surface area contributed by atoms with Gasteiger partial charge in [-0.15, -0.1) is 0 Å². The maximum atomic E-state index is 4.65. The summed E-state index contributed by atoms with van der Waals surface area (Å²) >= 11 is 0. The van der Waals surface area contributed by atoms with Crippen molar-refractivity contribution in [1.82, 2.24) is 9.78 Å². The van der Waals surface area contributed by atoms with Gasteiger partial charge in [-0.2, -0.15) is 5.10 Å². The van der Waals surface area contributed by atoms with Crippen molar-refractivity contribution in [3.8, 4) is 0 Å². The molecule has 2 aliphatic heterocycles. The quantitative estimate of drug-likeness (QED) is 0.872. The van der Waals surface area contributed by atoms with Crippen LogP contribution >= 0.6 is 0 Å². The molecule has 100 valence electrons. The Kier molecular flexibility index (Phi) is 2.96. The van der Waals surface area contributed by atoms with Crippen molar-refractivity contribution >= 4 is 11.5 Å². The Balaban J connectivity index is 1.92. The van der Waals surface area contributed by atoms with Gasteiger partial charge in [0.15, 0.2) is 5.82 Å². The molecule has 0 bridgehead atoms. The first kappa shape index (κ1) is 11.9. The van der Waals surface area contributed by atoms with Crippen molar-refractivity contribution in [3.63, 3.8) is 0 Å². The second-order valence-corrected chi connectivity index (χ2v) is 5.65. The van der Waals surface area contributed by atoms with Crippen LogP contribution in [0.15, 0.2) is 0 Å². The molecule has 2 aliphatic rings. The van der Waals surface area contributed by atoms with Crippen LogP contribution in [0.25, 0.3) is 0 Å². The van der Waals surface area contributed by atoms with E-state index in [0.717, 1.165) is 18.9 Å². The maximum Gasteiger partial charge on any atom is 0.150 e. The van der Waals surface area contributed by atoms with E-state index in [0.29, 0.717) is 6.04 Å². The SMILES string of the molecule is CCc1nn(C)c2c1NCC1CC(CC)CCN21. The minimum Gasteiger partial charge on any atom is -0.378 e. The normalized spacial score (nSPS) is 26.5. The first-order chi connectivity index (χ1) is 8.74. The molecule has 0 radical (unpaired) electrons. The Morgan fingerprint density at radius 1 is 1.39 bits per heavy atom. The lowest BCUT2D eigenvalue weighted by Gasteiger charge is -2.44. The van der Waals surface area contributed by atoms with Crippen molar-refractivity contribution in [2.75, 3.05) is 23.3 Å². The summed E-state index contributed by atoms with van der Waals surface area (Å²) in [5.41, 5.74) is 2.50. The van der Waals surface area contributed by atoms with E-state index in [-0.39, 0.29) is 0 Å². The van der Waals surface area contributed by atoms with Crippen molar-refractivity contribution in [2.24, 2.45) is 13.0 Å². The molecule has 18 heavy (non-hydrogen) atoms. The molecule has 4 heteroatoms. The summed E-state index contributed by atoms with van der Waals surface area (Å²) in [6.45, 7) is 6.78. The number of nitrogens with zero attached hydrogens (tertiary/aromatic N) is 3. The lowest BCUT2D eigenvalue weighted by atomic mass is 9.88. The smallest absolute Gasteiger partial charge is 0.150 e. The van der Waals surface area contributed by atoms with Crippen LogP contribution in [0.5, 0.6) is 0 Å². The second-order valence-electron chi connectivity index (χ2n) is 5.65. The van der Waals surface area contributed by atoms with E-state index < -0.39 is 0 Å². The Bertz CT molecular complexity index is 437. The number of hydrogen-bond donors (Lipinski definition) is 1. The highest BCUT2D eigenvalue weighted by atomic mass is 15.4. The van der Waals surface area contributed by atoms with E-state index in [4.69, 9.17) is 0 Å². The largest absolute Gasteiger partial charge is 0.378 e. The Morgan fingerprint density at radius 2 is 2.22 bits per heavy atom. The van der Waals surface area contributed by atoms with Gasteiger partial charge in [-0.05, 0) is 25.2 Å². The van der Waals surface area contributed by atoms with Crippen LogP contribution < -0.4 is 10.2 Å². The van der Waals surface area contributed by atoms with Crippen LogP contribution in [-0.2, 0) is 13.5 Å². The van der Waals surface area contributed by atoms with Crippen LogP contribution in [0.1, 0.15) is 38.8 Å². The predicted molar refractivity (Wildman–Crippen MR) is 75.2 cm³/mol. The summed E-state index contributed by atoms with van der Waals surface area (Å²) < 4.78 is 2.07. The molecule has 1 saturated heterocycles. The van der Waals surface area contributed by atoms with E-state index in [9.17, 15) is 0 Å². The number of aromatic nitrogens is 2. The highest BCUT2D eigenvalue weighted by Crippen LogP contribution is 2.39. The van der Waals surface area contributed by atoms with E-state index in [1.165, 1.54) is 43.0 Å². The maximum absolute atomic E-state index is 4.65. The molecule has 1 N–H and O–H groups in total. The summed E-state index contributed by atoms with van der Waals surface area (Å²) in [5.74, 6) is 2.23. The molecule has 0 aliphatic carbocycles. The molecule has 3 heterocycles. The second kappa shape index (κ2) is 4.48. The van der Waals surface area contributed by atoms with Crippen molar-refractivity contribution in [1.29, 1.82) is 0 Å². The van der Waals surface area contributed by atoms with Crippen LogP contribution in [0.4, 0.5) is 11.5 Å². The number of nitrogens with one attached hydrogen (secondary N) is 1. The van der Waals surface area contributed by atoms with Crippen LogP contribution in [0.3, 0.4) is 0 Å². The third kappa shape index (κ3) is 1.70. The topological polar surface area (TPSA) is 33.1 Å². The van der Waals surface area contributed by atoms with Crippen molar-refractivity contribution in [3.05, 3.63) is 5.69 Å². The number of rotatable bonds is 2. The minimum absolute atomic E-state index is 0.663. The zero-order chi connectivity index (χ0) is 12.7. The predicted octanol–water partition coefficient (Wildman–Crippen LogP) is 2.40. The molecular weight excluding hydrogens is 224 g/mol. The molecule has 0 saturated carbocycles. The number of anilines is 2. The molecule has 4 nitrogen and oxygen atoms in total. The highest BCUT2D eigenvalue weighted by molar-refractivity contribution is 5.72. The number of aryl methyl sites for hydroxylation is 2. The zero-order valence-corrected chi connectivity index (χ0v) is 11.7. The van der Waals surface area contributed by atoms with Gasteiger partial charge in [-0.3, -0.25) is 4.68 Å². The third-order valence-electron chi connectivity index (χ3n) is 4.61. The molecule has 2 atom stereocenters. The molecule has 0 amide bonds. The van der Waals surface area contributed by atoms with Gasteiger partial charge in [0.1, 0.15) is 5.69 Å². The van der Waals surface area contributed by atoms with Crippen LogP contribution in [0, 0.1) is 5.92 Å². The molecule has 0 aromatic carbocycles. The van der Waals surface area contributed by atoms with Gasteiger partial charge in [-0.25, -0.2) is 0 Å². The minimum atomic E-state index is 0.663. The van der Waals surface area contributed by atoms with E-state index >= 15 is 0 Å². The summed E-state index contributed by atoms with van der Waals surface area (Å²) in [4.78, 5) is 2.59. The molecule has 0 spiro atoms. The number of piperidine rings is 1. The number of fused-ring (bicyclic) bond motifs is 3. The molecule has 1 aromatic rings. The first-order valence-corrected chi connectivity index (χ1v) is 7.31. The van der Waals surface area contributed by atoms with Crippen LogP contribution in [-0.4, -0.2) is 28.9 Å². The molecule has 1 fully saturated rings. The standard InChI is InChI=1S/C14H24N4/c1-4-10-6-7-18-11(8-10)9-15-13-12(5-2)16-17(3)14(13)18/h10-11,15H,4-9H2,1-3H3. The van der Waals surface area contributed by atoms with Gasteiger partial charge in [-0.1, -0.05) is 20.3 Å². The highest BCUT2D eigenvalue weighted by Gasteiger charge is 2.35. The average molecular weight is 248 g/mol. The fraction of sp³-hybridized carbons (Fsp3) is 0.786. The Hall–Kier alpha value is -1.19. The Morgan fingerprint density at radius 3 is 2.94 bits per heavy atom. The number of hydrogen-bond acceptors (Lipinski definition) is 3. The molecular formula is C14H24N4.